The summed E-state index contributed by atoms with van der Waals surface area (Å²) in [7, 11) is 3.78. The zero-order valence-electron chi connectivity index (χ0n) is 24.0. The number of aromatic nitrogens is 2. The lowest BCUT2D eigenvalue weighted by atomic mass is 9.79. The van der Waals surface area contributed by atoms with E-state index in [4.69, 9.17) is 25.2 Å². The molecule has 5 N–H and O–H groups in total. The summed E-state index contributed by atoms with van der Waals surface area (Å²) in [4.78, 5) is 37.4. The average molecular weight is 563 g/mol. The molecule has 0 bridgehead atoms. The molecule has 0 radical (unpaired) electrons. The van der Waals surface area contributed by atoms with Gasteiger partial charge >= 0.3 is 17.9 Å². The Morgan fingerprint density at radius 3 is 1.95 bits per heavy atom. The molecule has 12 nitrogen and oxygen atoms in total. The number of benzene rings is 1. The van der Waals surface area contributed by atoms with Gasteiger partial charge in [-0.1, -0.05) is 12.1 Å². The molecule has 0 unspecified atom stereocenters. The number of piperidine rings is 1. The van der Waals surface area contributed by atoms with Crippen molar-refractivity contribution in [2.75, 3.05) is 7.11 Å². The third kappa shape index (κ3) is 9.92. The first kappa shape index (κ1) is 32.7. The summed E-state index contributed by atoms with van der Waals surface area (Å²) in [6, 6.07) is 8.95. The first-order valence-corrected chi connectivity index (χ1v) is 13.0. The van der Waals surface area contributed by atoms with Crippen molar-refractivity contribution in [3.8, 4) is 5.75 Å². The Kier molecular flexibility index (Phi) is 10.8. The number of carbonyl (C=O) groups is 3. The van der Waals surface area contributed by atoms with Gasteiger partial charge in [-0.25, -0.2) is 9.78 Å². The van der Waals surface area contributed by atoms with Crippen LogP contribution in [0.25, 0.3) is 0 Å². The maximum atomic E-state index is 10.3. The van der Waals surface area contributed by atoms with Crippen LogP contribution in [-0.4, -0.2) is 82.6 Å². The highest BCUT2D eigenvalue weighted by molar-refractivity contribution is 5.88. The average Bonchev–Trinajstić information content (AvgIpc) is 3.20. The molecule has 1 aliphatic heterocycles. The number of ether oxygens (including phenoxy) is 1. The largest absolute Gasteiger partial charge is 0.497 e. The number of hydrogen-bond donors (Lipinski definition) is 5. The third-order valence-electron chi connectivity index (χ3n) is 6.80. The topological polar surface area (TPSA) is 174 Å². The number of methoxy groups -OCH3 is 1. The molecule has 12 heteroatoms. The number of rotatable bonds is 11. The van der Waals surface area contributed by atoms with E-state index in [2.05, 4.69) is 66.6 Å². The lowest BCUT2D eigenvalue weighted by Gasteiger charge is -2.49. The van der Waals surface area contributed by atoms with Gasteiger partial charge in [0.25, 0.3) is 0 Å². The van der Waals surface area contributed by atoms with E-state index in [0.29, 0.717) is 6.04 Å². The standard InChI is InChI=1S/C22H34N4O.C6H8O7/c1-21(2)11-18(12-22(3,4)24-21)26(15-19-13-23-16-25(19)5)14-17-7-9-20(27-6)10-8-17;7-3(8)1-6(13,5(11)12)2-4(9)10/h7-10,13,16,18,24H,11-12,14-15H2,1-6H3;13H,1-2H2,(H,7,8)(H,9,10)(H,11,12). The summed E-state index contributed by atoms with van der Waals surface area (Å²) in [6.07, 6.45) is 3.84. The molecule has 1 fully saturated rings. The summed E-state index contributed by atoms with van der Waals surface area (Å²) in [5.74, 6) is -4.12. The van der Waals surface area contributed by atoms with E-state index in [-0.39, 0.29) is 11.1 Å². The van der Waals surface area contributed by atoms with Crippen LogP contribution in [0, 0.1) is 0 Å². The van der Waals surface area contributed by atoms with E-state index < -0.39 is 36.4 Å². The Bertz CT molecular complexity index is 1130. The molecule has 1 saturated heterocycles. The molecule has 0 atom stereocenters. The first-order valence-electron chi connectivity index (χ1n) is 13.0. The smallest absolute Gasteiger partial charge is 0.336 e. The van der Waals surface area contributed by atoms with Gasteiger partial charge in [0.05, 0.1) is 32.0 Å². The molecule has 1 aromatic carbocycles. The first-order chi connectivity index (χ1) is 18.4. The maximum Gasteiger partial charge on any atom is 0.336 e. The van der Waals surface area contributed by atoms with Crippen LogP contribution >= 0.6 is 0 Å². The molecule has 2 aromatic rings. The molecular weight excluding hydrogens is 520 g/mol. The third-order valence-corrected chi connectivity index (χ3v) is 6.80. The van der Waals surface area contributed by atoms with Gasteiger partial charge in [-0.2, -0.15) is 0 Å². The normalized spacial score (nSPS) is 16.6. The van der Waals surface area contributed by atoms with E-state index in [0.717, 1.165) is 31.7 Å². The second kappa shape index (κ2) is 13.2. The fourth-order valence-corrected chi connectivity index (χ4v) is 5.27. The summed E-state index contributed by atoms with van der Waals surface area (Å²) >= 11 is 0. The zero-order chi connectivity index (χ0) is 30.3. The van der Waals surface area contributed by atoms with Crippen LogP contribution in [0.3, 0.4) is 0 Å². The highest BCUT2D eigenvalue weighted by atomic mass is 16.5. The van der Waals surface area contributed by atoms with Crippen molar-refractivity contribution in [2.45, 2.75) is 89.2 Å². The number of carboxylic acids is 3. The van der Waals surface area contributed by atoms with Crippen molar-refractivity contribution in [3.05, 3.63) is 48.0 Å². The minimum Gasteiger partial charge on any atom is -0.497 e. The summed E-state index contributed by atoms with van der Waals surface area (Å²) in [5.41, 5.74) is 0.0657. The minimum absolute atomic E-state index is 0.122. The van der Waals surface area contributed by atoms with Gasteiger partial charge in [0.1, 0.15) is 5.75 Å². The van der Waals surface area contributed by atoms with Crippen LogP contribution in [0.4, 0.5) is 0 Å². The quantitative estimate of drug-likeness (QED) is 0.272. The molecule has 1 aliphatic rings. The van der Waals surface area contributed by atoms with E-state index in [9.17, 15) is 14.4 Å². The van der Waals surface area contributed by atoms with Crippen LogP contribution < -0.4 is 10.1 Å². The monoisotopic (exact) mass is 562 g/mol. The van der Waals surface area contributed by atoms with Crippen LogP contribution in [0.2, 0.25) is 0 Å². The fraction of sp³-hybridized carbons (Fsp3) is 0.571. The zero-order valence-corrected chi connectivity index (χ0v) is 24.0. The molecule has 0 amide bonds. The van der Waals surface area contributed by atoms with Gasteiger partial charge in [-0.05, 0) is 58.2 Å². The van der Waals surface area contributed by atoms with Crippen molar-refractivity contribution in [2.24, 2.45) is 7.05 Å². The molecule has 0 aliphatic carbocycles. The van der Waals surface area contributed by atoms with E-state index in [1.807, 2.05) is 24.7 Å². The Balaban J connectivity index is 0.000000366. The summed E-state index contributed by atoms with van der Waals surface area (Å²) < 4.78 is 7.44. The SMILES string of the molecule is COc1ccc(CN(Cc2cncn2C)C2CC(C)(C)NC(C)(C)C2)cc1.O=C(O)CC(O)(CC(=O)O)C(=O)O. The molecule has 2 heterocycles. The van der Waals surface area contributed by atoms with Gasteiger partial charge in [-0.3, -0.25) is 14.5 Å². The van der Waals surface area contributed by atoms with Crippen LogP contribution in [-0.2, 0) is 34.5 Å². The van der Waals surface area contributed by atoms with Gasteiger partial charge in [-0.15, -0.1) is 0 Å². The van der Waals surface area contributed by atoms with E-state index >= 15 is 0 Å². The molecule has 0 saturated carbocycles. The Hall–Kier alpha value is -3.48. The summed E-state index contributed by atoms with van der Waals surface area (Å²) in [6.45, 7) is 11.1. The number of hydrogen-bond acceptors (Lipinski definition) is 8. The second-order valence-corrected chi connectivity index (χ2v) is 11.7. The van der Waals surface area contributed by atoms with E-state index in [1.165, 1.54) is 11.3 Å². The number of aliphatic hydroxyl groups is 1. The predicted octanol–water partition coefficient (Wildman–Crippen LogP) is 2.49. The van der Waals surface area contributed by atoms with Crippen molar-refractivity contribution in [1.29, 1.82) is 0 Å². The molecule has 0 spiro atoms. The van der Waals surface area contributed by atoms with Crippen LogP contribution in [0.15, 0.2) is 36.8 Å². The number of nitrogens with one attached hydrogen (secondary N) is 1. The maximum absolute atomic E-state index is 10.3. The lowest BCUT2D eigenvalue weighted by molar-refractivity contribution is -0.170. The van der Waals surface area contributed by atoms with Gasteiger partial charge in [0.15, 0.2) is 5.60 Å². The lowest BCUT2D eigenvalue weighted by Crippen LogP contribution is -2.62. The molecule has 3 rings (SSSR count). The molecule has 222 valence electrons. The van der Waals surface area contributed by atoms with Crippen LogP contribution in [0.1, 0.15) is 64.6 Å². The molecule has 40 heavy (non-hydrogen) atoms. The Labute approximate surface area is 234 Å². The number of nitrogens with zero attached hydrogens (tertiary/aromatic N) is 3. The number of aliphatic carboxylic acids is 3. The highest BCUT2D eigenvalue weighted by Crippen LogP contribution is 2.33. The van der Waals surface area contributed by atoms with Gasteiger partial charge < -0.3 is 35.0 Å². The fourth-order valence-electron chi connectivity index (χ4n) is 5.27. The number of carboxylic acid groups (broad SMARTS) is 3. The van der Waals surface area contributed by atoms with Crippen molar-refractivity contribution >= 4 is 17.9 Å². The predicted molar refractivity (Wildman–Crippen MR) is 147 cm³/mol. The minimum atomic E-state index is -2.74. The molecular formula is C28H42N4O8. The highest BCUT2D eigenvalue weighted by Gasteiger charge is 2.41. The van der Waals surface area contributed by atoms with Gasteiger partial charge in [0, 0.05) is 43.5 Å². The van der Waals surface area contributed by atoms with Crippen molar-refractivity contribution in [3.63, 3.8) is 0 Å². The molecule has 1 aromatic heterocycles. The second-order valence-electron chi connectivity index (χ2n) is 11.7. The van der Waals surface area contributed by atoms with Gasteiger partial charge in [0.2, 0.25) is 0 Å². The number of aryl methyl sites for hydroxylation is 1. The Morgan fingerprint density at radius 2 is 1.55 bits per heavy atom. The van der Waals surface area contributed by atoms with Crippen LogP contribution in [0.5, 0.6) is 5.75 Å². The van der Waals surface area contributed by atoms with E-state index in [1.54, 1.807) is 7.11 Å². The number of imidazole rings is 1. The van der Waals surface area contributed by atoms with Crippen molar-refractivity contribution in [1.82, 2.24) is 19.8 Å². The van der Waals surface area contributed by atoms with Crippen molar-refractivity contribution < 1.29 is 39.5 Å². The Morgan fingerprint density at radius 1 is 1.02 bits per heavy atom. The summed E-state index contributed by atoms with van der Waals surface area (Å²) in [5, 5.41) is 37.6.